The molecule has 5 heteroatoms. The minimum Gasteiger partial charge on any atom is -0.388 e. The molecule has 0 radical (unpaired) electrons. The summed E-state index contributed by atoms with van der Waals surface area (Å²) in [5, 5.41) is 10.6. The summed E-state index contributed by atoms with van der Waals surface area (Å²) in [5.41, 5.74) is -0.411. The van der Waals surface area contributed by atoms with Gasteiger partial charge in [-0.2, -0.15) is 0 Å². The minimum atomic E-state index is -3.37. The van der Waals surface area contributed by atoms with Crippen molar-refractivity contribution >= 4 is 7.60 Å². The van der Waals surface area contributed by atoms with Gasteiger partial charge in [-0.05, 0) is 26.2 Å². The van der Waals surface area contributed by atoms with E-state index >= 15 is 0 Å². The molecular formula is C12H25O4P. The Kier molecular flexibility index (Phi) is 6.64. The molecule has 4 nitrogen and oxygen atoms in total. The normalized spacial score (nSPS) is 16.1. The Morgan fingerprint density at radius 3 is 1.94 bits per heavy atom. The fourth-order valence-electron chi connectivity index (χ4n) is 1.44. The molecule has 1 unspecified atom stereocenters. The van der Waals surface area contributed by atoms with Crippen molar-refractivity contribution in [3.63, 3.8) is 0 Å². The van der Waals surface area contributed by atoms with Gasteiger partial charge in [0.1, 0.15) is 0 Å². The fourth-order valence-corrected chi connectivity index (χ4v) is 3.49. The van der Waals surface area contributed by atoms with Gasteiger partial charge in [-0.3, -0.25) is 4.57 Å². The van der Waals surface area contributed by atoms with E-state index in [9.17, 15) is 9.67 Å². The molecule has 0 saturated heterocycles. The third-order valence-electron chi connectivity index (χ3n) is 2.31. The van der Waals surface area contributed by atoms with Crippen molar-refractivity contribution in [2.75, 3.05) is 13.2 Å². The van der Waals surface area contributed by atoms with E-state index in [-0.39, 0.29) is 13.2 Å². The lowest BCUT2D eigenvalue weighted by Crippen LogP contribution is -2.28. The third-order valence-corrected chi connectivity index (χ3v) is 4.64. The fraction of sp³-hybridized carbons (Fsp3) is 0.833. The smallest absolute Gasteiger partial charge is 0.359 e. The number of aliphatic hydroxyl groups excluding tert-OH is 1. The summed E-state index contributed by atoms with van der Waals surface area (Å²) in [6.45, 7) is 11.4. The topological polar surface area (TPSA) is 55.8 Å². The summed E-state index contributed by atoms with van der Waals surface area (Å²) < 4.78 is 23.0. The van der Waals surface area contributed by atoms with E-state index in [0.717, 1.165) is 0 Å². The molecule has 0 aliphatic rings. The van der Waals surface area contributed by atoms with Crippen LogP contribution in [0.3, 0.4) is 0 Å². The molecule has 0 spiro atoms. The van der Waals surface area contributed by atoms with Crippen LogP contribution in [0.5, 0.6) is 0 Å². The Bertz CT molecular complexity index is 294. The highest BCUT2D eigenvalue weighted by Gasteiger charge is 2.38. The van der Waals surface area contributed by atoms with Crippen LogP contribution in [0.15, 0.2) is 11.4 Å². The van der Waals surface area contributed by atoms with Crippen molar-refractivity contribution in [3.05, 3.63) is 11.4 Å². The average Bonchev–Trinajstić information content (AvgIpc) is 2.17. The lowest BCUT2D eigenvalue weighted by Gasteiger charge is -2.31. The average molecular weight is 264 g/mol. The molecule has 0 amide bonds. The van der Waals surface area contributed by atoms with Crippen LogP contribution in [-0.2, 0) is 13.6 Å². The van der Waals surface area contributed by atoms with E-state index in [1.807, 2.05) is 20.8 Å². The molecule has 102 valence electrons. The first kappa shape index (κ1) is 16.9. The van der Waals surface area contributed by atoms with E-state index in [1.165, 1.54) is 0 Å². The minimum absolute atomic E-state index is 0.283. The second-order valence-corrected chi connectivity index (χ2v) is 6.84. The molecule has 0 heterocycles. The summed E-state index contributed by atoms with van der Waals surface area (Å²) in [7, 11) is -3.37. The SMILES string of the molecule is C/C=C(\C(O)C(C)(C)C)P(=O)(OCC)OCC. The van der Waals surface area contributed by atoms with Crippen molar-refractivity contribution in [3.8, 4) is 0 Å². The standard InChI is InChI=1S/C12H25O4P/c1-7-10(11(13)12(4,5)6)17(14,15-8-2)16-9-3/h7,11,13H,8-9H2,1-6H3/b10-7+. The molecule has 0 bridgehead atoms. The van der Waals surface area contributed by atoms with Gasteiger partial charge < -0.3 is 14.2 Å². The highest BCUT2D eigenvalue weighted by atomic mass is 31.2. The maximum atomic E-state index is 12.6. The van der Waals surface area contributed by atoms with Gasteiger partial charge in [0, 0.05) is 0 Å². The molecule has 17 heavy (non-hydrogen) atoms. The largest absolute Gasteiger partial charge is 0.388 e. The maximum Gasteiger partial charge on any atom is 0.359 e. The number of hydrogen-bond acceptors (Lipinski definition) is 4. The highest BCUT2D eigenvalue weighted by molar-refractivity contribution is 7.58. The lowest BCUT2D eigenvalue weighted by molar-refractivity contribution is 0.0945. The third kappa shape index (κ3) is 4.55. The Morgan fingerprint density at radius 2 is 1.71 bits per heavy atom. The number of rotatable bonds is 6. The van der Waals surface area contributed by atoms with Crippen LogP contribution >= 0.6 is 7.60 Å². The first-order valence-electron chi connectivity index (χ1n) is 5.96. The lowest BCUT2D eigenvalue weighted by atomic mass is 9.89. The predicted molar refractivity (Wildman–Crippen MR) is 70.1 cm³/mol. The predicted octanol–water partition coefficient (Wildman–Crippen LogP) is 3.56. The number of aliphatic hydroxyl groups is 1. The summed E-state index contributed by atoms with van der Waals surface area (Å²) in [5.74, 6) is 0. The van der Waals surface area contributed by atoms with Crippen LogP contribution in [-0.4, -0.2) is 24.4 Å². The zero-order valence-electron chi connectivity index (χ0n) is 11.7. The van der Waals surface area contributed by atoms with Crippen LogP contribution in [0.4, 0.5) is 0 Å². The van der Waals surface area contributed by atoms with Crippen molar-refractivity contribution in [2.45, 2.75) is 47.6 Å². The Labute approximate surface area is 105 Å². The van der Waals surface area contributed by atoms with Gasteiger partial charge in [0.05, 0.1) is 24.6 Å². The van der Waals surface area contributed by atoms with Gasteiger partial charge in [0.2, 0.25) is 0 Å². The maximum absolute atomic E-state index is 12.6. The molecule has 0 aromatic rings. The Balaban J connectivity index is 5.27. The molecule has 0 fully saturated rings. The van der Waals surface area contributed by atoms with Crippen molar-refractivity contribution in [1.82, 2.24) is 0 Å². The van der Waals surface area contributed by atoms with Crippen LogP contribution in [0.2, 0.25) is 0 Å². The Hall–Kier alpha value is -0.150. The second-order valence-electron chi connectivity index (χ2n) is 4.82. The second kappa shape index (κ2) is 6.69. The molecular weight excluding hydrogens is 239 g/mol. The van der Waals surface area contributed by atoms with Crippen molar-refractivity contribution in [2.24, 2.45) is 5.41 Å². The monoisotopic (exact) mass is 264 g/mol. The van der Waals surface area contributed by atoms with E-state index in [4.69, 9.17) is 9.05 Å². The first-order valence-corrected chi connectivity index (χ1v) is 7.51. The quantitative estimate of drug-likeness (QED) is 0.745. The van der Waals surface area contributed by atoms with Crippen molar-refractivity contribution < 1.29 is 18.7 Å². The van der Waals surface area contributed by atoms with Gasteiger partial charge in [-0.25, -0.2) is 0 Å². The molecule has 0 rings (SSSR count). The summed E-state index contributed by atoms with van der Waals surface area (Å²) in [6, 6.07) is 0. The molecule has 0 aliphatic heterocycles. The number of hydrogen-bond donors (Lipinski definition) is 1. The summed E-state index contributed by atoms with van der Waals surface area (Å²) >= 11 is 0. The van der Waals surface area contributed by atoms with Crippen LogP contribution in [0.1, 0.15) is 41.5 Å². The molecule has 1 atom stereocenters. The van der Waals surface area contributed by atoms with Gasteiger partial charge in [0.25, 0.3) is 0 Å². The van der Waals surface area contributed by atoms with Crippen LogP contribution in [0.25, 0.3) is 0 Å². The highest BCUT2D eigenvalue weighted by Crippen LogP contribution is 2.58. The van der Waals surface area contributed by atoms with Crippen molar-refractivity contribution in [1.29, 1.82) is 0 Å². The zero-order chi connectivity index (χ0) is 13.7. The van der Waals surface area contributed by atoms with Crippen LogP contribution in [0, 0.1) is 5.41 Å². The van der Waals surface area contributed by atoms with Gasteiger partial charge in [-0.15, -0.1) is 0 Å². The van der Waals surface area contributed by atoms with E-state index in [1.54, 1.807) is 26.8 Å². The first-order chi connectivity index (χ1) is 7.72. The summed E-state index contributed by atoms with van der Waals surface area (Å²) in [6.07, 6.45) is 0.776. The van der Waals surface area contributed by atoms with Gasteiger partial charge in [0.15, 0.2) is 0 Å². The number of allylic oxidation sites excluding steroid dienone is 1. The molecule has 0 aromatic heterocycles. The van der Waals surface area contributed by atoms with Crippen LogP contribution < -0.4 is 0 Å². The zero-order valence-corrected chi connectivity index (χ0v) is 12.6. The van der Waals surface area contributed by atoms with E-state index < -0.39 is 19.1 Å². The van der Waals surface area contributed by atoms with Gasteiger partial charge in [-0.1, -0.05) is 26.8 Å². The van der Waals surface area contributed by atoms with Gasteiger partial charge >= 0.3 is 7.60 Å². The Morgan fingerprint density at radius 1 is 1.29 bits per heavy atom. The van der Waals surface area contributed by atoms with E-state index in [2.05, 4.69) is 0 Å². The molecule has 1 N–H and O–H groups in total. The molecule has 0 aromatic carbocycles. The molecule has 0 saturated carbocycles. The summed E-state index contributed by atoms with van der Waals surface area (Å²) in [4.78, 5) is 0. The molecule has 0 aliphatic carbocycles. The van der Waals surface area contributed by atoms with E-state index in [0.29, 0.717) is 5.31 Å².